The zero-order valence-corrected chi connectivity index (χ0v) is 6.39. The van der Waals surface area contributed by atoms with Gasteiger partial charge in [0.1, 0.15) is 6.04 Å². The van der Waals surface area contributed by atoms with Gasteiger partial charge in [0, 0.05) is 0 Å². The quantitative estimate of drug-likeness (QED) is 0.531. The second-order valence-electron chi connectivity index (χ2n) is 2.82. The summed E-state index contributed by atoms with van der Waals surface area (Å²) in [5.74, 6) is 0.466. The van der Waals surface area contributed by atoms with Gasteiger partial charge in [0.25, 0.3) is 0 Å². The van der Waals surface area contributed by atoms with Crippen LogP contribution in [0.5, 0.6) is 0 Å². The summed E-state index contributed by atoms with van der Waals surface area (Å²) in [7, 11) is 1.42. The Kier molecular flexibility index (Phi) is 2.27. The third-order valence-electron chi connectivity index (χ3n) is 1.84. The van der Waals surface area contributed by atoms with Gasteiger partial charge in [-0.25, -0.2) is 0 Å². The second-order valence-corrected chi connectivity index (χ2v) is 2.82. The summed E-state index contributed by atoms with van der Waals surface area (Å²) in [6.07, 6.45) is 0.909. The van der Waals surface area contributed by atoms with E-state index in [1.807, 2.05) is 0 Å². The van der Waals surface area contributed by atoms with Gasteiger partial charge < -0.3 is 10.1 Å². The molecule has 0 aromatic heterocycles. The van der Waals surface area contributed by atoms with Gasteiger partial charge in [0.15, 0.2) is 0 Å². The van der Waals surface area contributed by atoms with Gasteiger partial charge in [0.2, 0.25) is 0 Å². The Hall–Kier alpha value is -0.570. The van der Waals surface area contributed by atoms with E-state index in [2.05, 4.69) is 17.0 Å². The van der Waals surface area contributed by atoms with Crippen LogP contribution in [0.3, 0.4) is 0 Å². The van der Waals surface area contributed by atoms with Crippen LogP contribution in [0.1, 0.15) is 13.3 Å². The number of methoxy groups -OCH3 is 1. The zero-order chi connectivity index (χ0) is 7.56. The summed E-state index contributed by atoms with van der Waals surface area (Å²) in [6.45, 7) is 3.05. The molecule has 10 heavy (non-hydrogen) atoms. The summed E-state index contributed by atoms with van der Waals surface area (Å²) in [6, 6.07) is -0.0556. The van der Waals surface area contributed by atoms with Crippen LogP contribution < -0.4 is 5.32 Å². The summed E-state index contributed by atoms with van der Waals surface area (Å²) in [5, 5.41) is 3.08. The first-order valence-electron chi connectivity index (χ1n) is 3.55. The molecule has 1 rings (SSSR count). The van der Waals surface area contributed by atoms with Crippen LogP contribution in [0.2, 0.25) is 0 Å². The highest BCUT2D eigenvalue weighted by Gasteiger charge is 2.26. The van der Waals surface area contributed by atoms with Gasteiger partial charge in [-0.2, -0.15) is 0 Å². The first-order chi connectivity index (χ1) is 4.74. The van der Waals surface area contributed by atoms with Gasteiger partial charge in [-0.15, -0.1) is 0 Å². The van der Waals surface area contributed by atoms with Crippen LogP contribution in [-0.2, 0) is 9.53 Å². The van der Waals surface area contributed by atoms with E-state index < -0.39 is 0 Å². The SMILES string of the molecule is COC(=O)C1CC(C)CN1. The number of rotatable bonds is 1. The number of carbonyl (C=O) groups excluding carboxylic acids is 1. The molecular weight excluding hydrogens is 130 g/mol. The molecule has 1 N–H and O–H groups in total. The van der Waals surface area contributed by atoms with Gasteiger partial charge in [-0.3, -0.25) is 4.79 Å². The molecular formula is C7H13NO2. The summed E-state index contributed by atoms with van der Waals surface area (Å²) >= 11 is 0. The van der Waals surface area contributed by atoms with E-state index in [0.717, 1.165) is 13.0 Å². The van der Waals surface area contributed by atoms with Crippen molar-refractivity contribution < 1.29 is 9.53 Å². The normalized spacial score (nSPS) is 32.2. The molecule has 0 aromatic rings. The van der Waals surface area contributed by atoms with E-state index in [0.29, 0.717) is 5.92 Å². The minimum Gasteiger partial charge on any atom is -0.468 e. The summed E-state index contributed by atoms with van der Waals surface area (Å²) in [5.41, 5.74) is 0. The van der Waals surface area contributed by atoms with E-state index in [1.54, 1.807) is 0 Å². The summed E-state index contributed by atoms with van der Waals surface area (Å²) in [4.78, 5) is 10.9. The van der Waals surface area contributed by atoms with Crippen molar-refractivity contribution in [2.24, 2.45) is 5.92 Å². The molecule has 0 radical (unpaired) electrons. The molecule has 0 bridgehead atoms. The minimum absolute atomic E-state index is 0.0556. The van der Waals surface area contributed by atoms with Crippen LogP contribution in [0, 0.1) is 5.92 Å². The first kappa shape index (κ1) is 7.54. The molecule has 1 aliphatic rings. The Bertz CT molecular complexity index is 136. The molecule has 1 saturated heterocycles. The molecule has 2 atom stereocenters. The lowest BCUT2D eigenvalue weighted by molar-refractivity contribution is -0.142. The summed E-state index contributed by atoms with van der Waals surface area (Å²) < 4.78 is 4.58. The van der Waals surface area contributed by atoms with Crippen LogP contribution in [0.4, 0.5) is 0 Å². The van der Waals surface area contributed by atoms with E-state index in [-0.39, 0.29) is 12.0 Å². The Morgan fingerprint density at radius 1 is 1.70 bits per heavy atom. The number of carbonyl (C=O) groups is 1. The minimum atomic E-state index is -0.135. The average molecular weight is 143 g/mol. The maximum atomic E-state index is 10.9. The highest BCUT2D eigenvalue weighted by molar-refractivity contribution is 5.75. The lowest BCUT2D eigenvalue weighted by atomic mass is 10.1. The smallest absolute Gasteiger partial charge is 0.322 e. The van der Waals surface area contributed by atoms with Gasteiger partial charge in [-0.05, 0) is 18.9 Å². The molecule has 0 aliphatic carbocycles. The lowest BCUT2D eigenvalue weighted by Gasteiger charge is -2.05. The number of hydrogen-bond donors (Lipinski definition) is 1. The third kappa shape index (κ3) is 1.48. The Morgan fingerprint density at radius 2 is 2.40 bits per heavy atom. The first-order valence-corrected chi connectivity index (χ1v) is 3.55. The Labute approximate surface area is 60.7 Å². The molecule has 1 heterocycles. The maximum absolute atomic E-state index is 10.9. The van der Waals surface area contributed by atoms with Gasteiger partial charge in [-0.1, -0.05) is 6.92 Å². The monoisotopic (exact) mass is 143 g/mol. The van der Waals surface area contributed by atoms with Crippen LogP contribution in [-0.4, -0.2) is 25.7 Å². The molecule has 3 nitrogen and oxygen atoms in total. The second kappa shape index (κ2) is 3.01. The fraction of sp³-hybridized carbons (Fsp3) is 0.857. The zero-order valence-electron chi connectivity index (χ0n) is 6.39. The molecule has 0 saturated carbocycles. The van der Waals surface area contributed by atoms with Crippen molar-refractivity contribution in [2.45, 2.75) is 19.4 Å². The molecule has 3 heteroatoms. The van der Waals surface area contributed by atoms with Crippen molar-refractivity contribution in [1.29, 1.82) is 0 Å². The fourth-order valence-electron chi connectivity index (χ4n) is 1.23. The van der Waals surface area contributed by atoms with E-state index in [4.69, 9.17) is 0 Å². The predicted molar refractivity (Wildman–Crippen MR) is 37.6 cm³/mol. The molecule has 2 unspecified atom stereocenters. The molecule has 0 aromatic carbocycles. The molecule has 58 valence electrons. The fourth-order valence-corrected chi connectivity index (χ4v) is 1.23. The topological polar surface area (TPSA) is 38.3 Å². The third-order valence-corrected chi connectivity index (χ3v) is 1.84. The number of ether oxygens (including phenoxy) is 1. The highest BCUT2D eigenvalue weighted by Crippen LogP contribution is 2.13. The standard InChI is InChI=1S/C7H13NO2/c1-5-3-6(8-4-5)7(9)10-2/h5-6,8H,3-4H2,1-2H3. The van der Waals surface area contributed by atoms with Gasteiger partial charge >= 0.3 is 5.97 Å². The van der Waals surface area contributed by atoms with Gasteiger partial charge in [0.05, 0.1) is 7.11 Å². The molecule has 1 fully saturated rings. The predicted octanol–water partition coefficient (Wildman–Crippen LogP) is 0.157. The van der Waals surface area contributed by atoms with Crippen LogP contribution in [0.25, 0.3) is 0 Å². The number of nitrogens with one attached hydrogen (secondary N) is 1. The van der Waals surface area contributed by atoms with E-state index >= 15 is 0 Å². The lowest BCUT2D eigenvalue weighted by Crippen LogP contribution is -2.31. The van der Waals surface area contributed by atoms with Crippen LogP contribution >= 0.6 is 0 Å². The largest absolute Gasteiger partial charge is 0.468 e. The van der Waals surface area contributed by atoms with E-state index in [9.17, 15) is 4.79 Å². The van der Waals surface area contributed by atoms with Crippen molar-refractivity contribution in [3.8, 4) is 0 Å². The van der Waals surface area contributed by atoms with Crippen LogP contribution in [0.15, 0.2) is 0 Å². The van der Waals surface area contributed by atoms with Crippen molar-refractivity contribution in [1.82, 2.24) is 5.32 Å². The molecule has 1 aliphatic heterocycles. The molecule has 0 spiro atoms. The van der Waals surface area contributed by atoms with Crippen molar-refractivity contribution in [3.05, 3.63) is 0 Å². The maximum Gasteiger partial charge on any atom is 0.322 e. The Morgan fingerprint density at radius 3 is 2.80 bits per heavy atom. The van der Waals surface area contributed by atoms with Crippen molar-refractivity contribution in [3.63, 3.8) is 0 Å². The Balaban J connectivity index is 2.37. The number of hydrogen-bond acceptors (Lipinski definition) is 3. The highest BCUT2D eigenvalue weighted by atomic mass is 16.5. The average Bonchev–Trinajstić information content (AvgIpc) is 2.34. The van der Waals surface area contributed by atoms with Crippen molar-refractivity contribution >= 4 is 5.97 Å². The van der Waals surface area contributed by atoms with E-state index in [1.165, 1.54) is 7.11 Å². The molecule has 0 amide bonds. The number of esters is 1. The van der Waals surface area contributed by atoms with Crippen molar-refractivity contribution in [2.75, 3.05) is 13.7 Å².